The van der Waals surface area contributed by atoms with Gasteiger partial charge in [0.25, 0.3) is 0 Å². The number of aromatic nitrogens is 1. The first-order valence-corrected chi connectivity index (χ1v) is 12.1. The summed E-state index contributed by atoms with van der Waals surface area (Å²) < 4.78 is 69.5. The number of rotatable bonds is 13. The number of ketones is 2. The molecule has 0 bridgehead atoms. The van der Waals surface area contributed by atoms with Crippen LogP contribution in [0.2, 0.25) is 0 Å². The summed E-state index contributed by atoms with van der Waals surface area (Å²) in [6.07, 6.45) is -5.35. The second-order valence-corrected chi connectivity index (χ2v) is 8.58. The molecule has 2 aromatic carbocycles. The van der Waals surface area contributed by atoms with E-state index in [-0.39, 0.29) is 60.1 Å². The van der Waals surface area contributed by atoms with Crippen molar-refractivity contribution >= 4 is 11.6 Å². The molecule has 214 valence electrons. The minimum Gasteiger partial charge on any atom is -0.494 e. The van der Waals surface area contributed by atoms with Crippen LogP contribution >= 0.6 is 0 Å². The highest BCUT2D eigenvalue weighted by atomic mass is 19.4. The number of ether oxygens (including phenoxy) is 3. The lowest BCUT2D eigenvalue weighted by molar-refractivity contribution is -0.139. The lowest BCUT2D eigenvalue weighted by Crippen LogP contribution is -2.21. The fourth-order valence-corrected chi connectivity index (χ4v) is 3.99. The maximum atomic E-state index is 13.8. The Bertz CT molecular complexity index is 1360. The molecule has 0 saturated carbocycles. The van der Waals surface area contributed by atoms with Crippen molar-refractivity contribution in [3.8, 4) is 28.5 Å². The number of hydrogen-bond donors (Lipinski definition) is 2. The third-order valence-electron chi connectivity index (χ3n) is 5.99. The maximum Gasteiger partial charge on any atom is 0.419 e. The number of pyridine rings is 1. The van der Waals surface area contributed by atoms with E-state index in [1.54, 1.807) is 0 Å². The van der Waals surface area contributed by atoms with Gasteiger partial charge in [0.05, 0.1) is 26.4 Å². The van der Waals surface area contributed by atoms with Gasteiger partial charge in [0, 0.05) is 30.1 Å². The molecular formula is C28H27F4NO7. The van der Waals surface area contributed by atoms with Gasteiger partial charge in [-0.15, -0.1) is 0 Å². The van der Waals surface area contributed by atoms with Crippen LogP contribution < -0.4 is 14.2 Å². The minimum absolute atomic E-state index is 0.0169. The van der Waals surface area contributed by atoms with E-state index in [4.69, 9.17) is 19.3 Å². The molecule has 40 heavy (non-hydrogen) atoms. The molecule has 3 aromatic rings. The Morgan fingerprint density at radius 3 is 2.25 bits per heavy atom. The summed E-state index contributed by atoms with van der Waals surface area (Å²) in [5.41, 5.74) is -1.73. The lowest BCUT2D eigenvalue weighted by atomic mass is 9.90. The van der Waals surface area contributed by atoms with Gasteiger partial charge in [-0.05, 0) is 55.0 Å². The molecule has 3 rings (SSSR count). The van der Waals surface area contributed by atoms with Crippen molar-refractivity contribution in [1.29, 1.82) is 0 Å². The quantitative estimate of drug-likeness (QED) is 0.226. The van der Waals surface area contributed by atoms with Crippen LogP contribution in [0.25, 0.3) is 11.3 Å². The fourth-order valence-electron chi connectivity index (χ4n) is 3.99. The number of aliphatic hydroxyl groups excluding tert-OH is 2. The molecule has 1 atom stereocenters. The molecule has 1 heterocycles. The average molecular weight is 566 g/mol. The molecule has 0 fully saturated rings. The van der Waals surface area contributed by atoms with Crippen LogP contribution in [-0.2, 0) is 6.18 Å². The third kappa shape index (κ3) is 7.13. The van der Waals surface area contributed by atoms with Crippen LogP contribution in [0.5, 0.6) is 17.2 Å². The van der Waals surface area contributed by atoms with Crippen molar-refractivity contribution in [2.45, 2.75) is 19.0 Å². The number of aliphatic hydroxyl groups is 2. The monoisotopic (exact) mass is 565 g/mol. The van der Waals surface area contributed by atoms with Gasteiger partial charge in [-0.3, -0.25) is 9.59 Å². The second-order valence-electron chi connectivity index (χ2n) is 8.58. The molecule has 8 nitrogen and oxygen atoms in total. The van der Waals surface area contributed by atoms with Crippen molar-refractivity contribution in [3.05, 3.63) is 71.2 Å². The largest absolute Gasteiger partial charge is 0.494 e. The Balaban J connectivity index is 1.92. The topological polar surface area (TPSA) is 115 Å². The summed E-state index contributed by atoms with van der Waals surface area (Å²) in [6.45, 7) is -0.625. The van der Waals surface area contributed by atoms with Crippen molar-refractivity contribution in [1.82, 2.24) is 4.98 Å². The first-order chi connectivity index (χ1) is 19.0. The summed E-state index contributed by atoms with van der Waals surface area (Å²) >= 11 is 0. The van der Waals surface area contributed by atoms with Crippen LogP contribution in [0.1, 0.15) is 39.3 Å². The van der Waals surface area contributed by atoms with E-state index >= 15 is 0 Å². The highest BCUT2D eigenvalue weighted by Gasteiger charge is 2.35. The number of carbonyl (C=O) groups excluding carboxylic acids is 2. The van der Waals surface area contributed by atoms with Crippen LogP contribution in [0.4, 0.5) is 17.6 Å². The molecule has 0 radical (unpaired) electrons. The van der Waals surface area contributed by atoms with E-state index in [1.165, 1.54) is 44.6 Å². The fraction of sp³-hybridized carbons (Fsp3) is 0.321. The summed E-state index contributed by atoms with van der Waals surface area (Å²) in [4.78, 5) is 30.6. The van der Waals surface area contributed by atoms with Gasteiger partial charge >= 0.3 is 6.18 Å². The first-order valence-electron chi connectivity index (χ1n) is 12.1. The maximum absolute atomic E-state index is 13.8. The summed E-state index contributed by atoms with van der Waals surface area (Å²) in [6, 6.07) is 9.31. The number of methoxy groups -OCH3 is 2. The number of nitrogens with zero attached hydrogens (tertiary/aromatic N) is 1. The van der Waals surface area contributed by atoms with E-state index in [0.717, 1.165) is 6.07 Å². The number of alkyl halides is 3. The highest BCUT2D eigenvalue weighted by molar-refractivity contribution is 6.03. The zero-order valence-corrected chi connectivity index (χ0v) is 21.6. The van der Waals surface area contributed by atoms with Crippen molar-refractivity contribution in [2.24, 2.45) is 5.92 Å². The molecule has 0 spiro atoms. The van der Waals surface area contributed by atoms with Gasteiger partial charge in [-0.25, -0.2) is 9.37 Å². The van der Waals surface area contributed by atoms with Crippen molar-refractivity contribution in [2.75, 3.05) is 34.0 Å². The van der Waals surface area contributed by atoms with Crippen molar-refractivity contribution in [3.63, 3.8) is 0 Å². The SMILES string of the molecule is COc1cc(C(=O)CC(CCO)C(=O)c2ccc(OC)c(-c3ccc(F)c(C(F)(F)F)c3)n2)ccc1OCCO. The van der Waals surface area contributed by atoms with Gasteiger partial charge in [0.15, 0.2) is 23.1 Å². The molecule has 1 unspecified atom stereocenters. The van der Waals surface area contributed by atoms with Gasteiger partial charge < -0.3 is 24.4 Å². The second kappa shape index (κ2) is 13.4. The zero-order chi connectivity index (χ0) is 29.4. The molecule has 2 N–H and O–H groups in total. The predicted molar refractivity (Wildman–Crippen MR) is 135 cm³/mol. The Kier molecular flexibility index (Phi) is 10.2. The zero-order valence-electron chi connectivity index (χ0n) is 21.6. The summed E-state index contributed by atoms with van der Waals surface area (Å²) in [5.74, 6) is -2.96. The number of carbonyl (C=O) groups is 2. The van der Waals surface area contributed by atoms with E-state index in [1.807, 2.05) is 0 Å². The highest BCUT2D eigenvalue weighted by Crippen LogP contribution is 2.36. The molecule has 0 amide bonds. The average Bonchev–Trinajstić information content (AvgIpc) is 2.94. The molecule has 0 saturated heterocycles. The van der Waals surface area contributed by atoms with Crippen molar-refractivity contribution < 1.29 is 51.6 Å². The molecular weight excluding hydrogens is 538 g/mol. The number of benzene rings is 2. The summed E-state index contributed by atoms with van der Waals surface area (Å²) in [7, 11) is 2.64. The van der Waals surface area contributed by atoms with Gasteiger partial charge in [0.2, 0.25) is 0 Å². The van der Waals surface area contributed by atoms with Crippen LogP contribution in [0, 0.1) is 11.7 Å². The van der Waals surface area contributed by atoms with Crippen LogP contribution in [0.15, 0.2) is 48.5 Å². The van der Waals surface area contributed by atoms with Crippen LogP contribution in [0.3, 0.4) is 0 Å². The van der Waals surface area contributed by atoms with Gasteiger partial charge in [-0.2, -0.15) is 13.2 Å². The Morgan fingerprint density at radius 2 is 1.62 bits per heavy atom. The van der Waals surface area contributed by atoms with E-state index in [2.05, 4.69) is 4.98 Å². The summed E-state index contributed by atoms with van der Waals surface area (Å²) in [5, 5.41) is 18.5. The number of Topliss-reactive ketones (excluding diaryl/α,β-unsaturated/α-hetero) is 2. The smallest absolute Gasteiger partial charge is 0.419 e. The lowest BCUT2D eigenvalue weighted by Gasteiger charge is -2.17. The van der Waals surface area contributed by atoms with E-state index in [9.17, 15) is 32.3 Å². The van der Waals surface area contributed by atoms with Gasteiger partial charge in [0.1, 0.15) is 29.6 Å². The standard InChI is InChI=1S/C28H27F4NO7/c1-38-24-8-6-21(33-26(24)17-3-5-20(29)19(13-17)28(30,31)32)27(37)18(9-10-34)14-22(36)16-4-7-23(40-12-11-35)25(15-16)39-2/h3-8,13,15,18,34-35H,9-12,14H2,1-2H3. The Labute approximate surface area is 227 Å². The molecule has 1 aromatic heterocycles. The Morgan fingerprint density at radius 1 is 0.925 bits per heavy atom. The molecule has 0 aliphatic rings. The minimum atomic E-state index is -4.96. The molecule has 0 aliphatic carbocycles. The number of halogens is 4. The Hall–Kier alpha value is -4.03. The van der Waals surface area contributed by atoms with E-state index < -0.39 is 41.6 Å². The van der Waals surface area contributed by atoms with E-state index in [0.29, 0.717) is 17.9 Å². The van der Waals surface area contributed by atoms with Crippen LogP contribution in [-0.4, -0.2) is 60.8 Å². The first kappa shape index (κ1) is 30.5. The predicted octanol–water partition coefficient (Wildman–Crippen LogP) is 4.75. The normalized spacial score (nSPS) is 12.1. The molecule has 0 aliphatic heterocycles. The number of hydrogen-bond acceptors (Lipinski definition) is 8. The van der Waals surface area contributed by atoms with Gasteiger partial charge in [-0.1, -0.05) is 0 Å². The molecule has 12 heteroatoms. The third-order valence-corrected chi connectivity index (χ3v) is 5.99.